The molecule has 1 aliphatic carbocycles. The number of pyridine rings is 1. The third-order valence-corrected chi connectivity index (χ3v) is 7.86. The van der Waals surface area contributed by atoms with Crippen LogP contribution in [0, 0.1) is 11.8 Å². The Bertz CT molecular complexity index is 1300. The van der Waals surface area contributed by atoms with E-state index in [2.05, 4.69) is 56.3 Å². The van der Waals surface area contributed by atoms with Gasteiger partial charge in [0.15, 0.2) is 0 Å². The summed E-state index contributed by atoms with van der Waals surface area (Å²) >= 11 is 0. The summed E-state index contributed by atoms with van der Waals surface area (Å²) in [5.41, 5.74) is 2.58. The summed E-state index contributed by atoms with van der Waals surface area (Å²) in [6, 6.07) is 14.1. The van der Waals surface area contributed by atoms with Gasteiger partial charge in [-0.25, -0.2) is 18.1 Å². The number of benzene rings is 1. The molecule has 0 bridgehead atoms. The Morgan fingerprint density at radius 3 is 2.69 bits per heavy atom. The largest absolute Gasteiger partial charge is 0.419 e. The maximum absolute atomic E-state index is 11.7. The van der Waals surface area contributed by atoms with Crippen LogP contribution in [0.25, 0.3) is 11.5 Å². The highest BCUT2D eigenvalue weighted by Gasteiger charge is 2.34. The lowest BCUT2D eigenvalue weighted by Crippen LogP contribution is -2.33. The highest BCUT2D eigenvalue weighted by atomic mass is 32.2. The topological polar surface area (TPSA) is 113 Å². The summed E-state index contributed by atoms with van der Waals surface area (Å²) in [5.74, 6) is 3.35. The van der Waals surface area contributed by atoms with E-state index in [0.717, 1.165) is 49.5 Å². The van der Waals surface area contributed by atoms with E-state index in [1.54, 1.807) is 0 Å². The van der Waals surface area contributed by atoms with Crippen molar-refractivity contribution in [3.8, 4) is 11.5 Å². The van der Waals surface area contributed by atoms with Crippen molar-refractivity contribution in [2.45, 2.75) is 44.7 Å². The van der Waals surface area contributed by atoms with Gasteiger partial charge in [-0.05, 0) is 55.3 Å². The molecule has 192 valence electrons. The van der Waals surface area contributed by atoms with Crippen LogP contribution in [0.5, 0.6) is 0 Å². The Hall–Kier alpha value is -2.82. The zero-order valence-electron chi connectivity index (χ0n) is 21.0. The Kier molecular flexibility index (Phi) is 7.09. The van der Waals surface area contributed by atoms with E-state index in [-0.39, 0.29) is 18.5 Å². The third kappa shape index (κ3) is 5.93. The molecule has 9 nitrogen and oxygen atoms in total. The number of sulfonamides is 1. The van der Waals surface area contributed by atoms with E-state index in [1.165, 1.54) is 12.0 Å². The monoisotopic (exact) mass is 510 g/mol. The molecule has 36 heavy (non-hydrogen) atoms. The smallest absolute Gasteiger partial charge is 0.248 e. The summed E-state index contributed by atoms with van der Waals surface area (Å²) in [5, 5.41) is 12.4. The molecule has 1 saturated heterocycles. The first-order valence-corrected chi connectivity index (χ1v) is 14.4. The number of nitrogens with zero attached hydrogens (tertiary/aromatic N) is 4. The molecule has 0 radical (unpaired) electrons. The molecule has 1 saturated carbocycles. The molecule has 10 heteroatoms. The van der Waals surface area contributed by atoms with Crippen LogP contribution < -0.4 is 14.9 Å². The first-order chi connectivity index (χ1) is 17.3. The third-order valence-electron chi connectivity index (χ3n) is 7.20. The number of rotatable bonds is 9. The van der Waals surface area contributed by atoms with E-state index in [4.69, 9.17) is 9.40 Å². The number of anilines is 1. The number of nitrogens with one attached hydrogen (secondary N) is 2. The van der Waals surface area contributed by atoms with Gasteiger partial charge in [0.25, 0.3) is 0 Å². The molecule has 2 aliphatic rings. The van der Waals surface area contributed by atoms with Crippen LogP contribution in [0.1, 0.15) is 55.3 Å². The van der Waals surface area contributed by atoms with E-state index < -0.39 is 10.0 Å². The summed E-state index contributed by atoms with van der Waals surface area (Å²) in [7, 11) is -1.34. The van der Waals surface area contributed by atoms with Gasteiger partial charge in [-0.15, -0.1) is 10.2 Å². The molecule has 5 rings (SSSR count). The lowest BCUT2D eigenvalue weighted by Gasteiger charge is -2.30. The summed E-state index contributed by atoms with van der Waals surface area (Å²) in [6.45, 7) is 4.15. The zero-order chi connectivity index (χ0) is 25.3. The lowest BCUT2D eigenvalue weighted by atomic mass is 9.85. The van der Waals surface area contributed by atoms with Crippen molar-refractivity contribution in [2.24, 2.45) is 11.8 Å². The first kappa shape index (κ1) is 24.9. The van der Waals surface area contributed by atoms with Crippen LogP contribution in [-0.4, -0.2) is 50.0 Å². The van der Waals surface area contributed by atoms with Crippen molar-refractivity contribution in [2.75, 3.05) is 31.3 Å². The molecule has 0 amide bonds. The van der Waals surface area contributed by atoms with Gasteiger partial charge in [-0.1, -0.05) is 37.3 Å². The zero-order valence-corrected chi connectivity index (χ0v) is 21.8. The normalized spacial score (nSPS) is 24.0. The number of hydrogen-bond donors (Lipinski definition) is 2. The minimum atomic E-state index is -3.36. The molecule has 0 spiro atoms. The average Bonchev–Trinajstić information content (AvgIpc) is 3.35. The van der Waals surface area contributed by atoms with E-state index in [0.29, 0.717) is 23.4 Å². The number of piperidine rings is 1. The highest BCUT2D eigenvalue weighted by Crippen LogP contribution is 2.39. The fraction of sp³-hybridized carbons (Fsp3) is 0.500. The molecule has 1 aliphatic heterocycles. The summed E-state index contributed by atoms with van der Waals surface area (Å²) in [4.78, 5) is 6.83. The number of aromatic nitrogens is 3. The van der Waals surface area contributed by atoms with Gasteiger partial charge in [0.2, 0.25) is 21.8 Å². The minimum Gasteiger partial charge on any atom is -0.419 e. The molecule has 3 heterocycles. The lowest BCUT2D eigenvalue weighted by molar-refractivity contribution is 0.303. The Labute approximate surface area is 212 Å². The van der Waals surface area contributed by atoms with Crippen LogP contribution in [0.2, 0.25) is 0 Å². The molecule has 1 aromatic carbocycles. The molecular formula is C26H34N6O3S. The Morgan fingerprint density at radius 2 is 1.97 bits per heavy atom. The van der Waals surface area contributed by atoms with Gasteiger partial charge in [0, 0.05) is 25.1 Å². The van der Waals surface area contributed by atoms with Crippen LogP contribution in [0.4, 0.5) is 5.82 Å². The second-order valence-electron chi connectivity index (χ2n) is 10.2. The van der Waals surface area contributed by atoms with E-state index in [9.17, 15) is 8.42 Å². The Balaban J connectivity index is 1.43. The SMILES string of the molecule is CC1CC1CN(C)c1cc(-c2nnc(C3NCCCC3c3ccccc3)o2)cc(CNS(C)(=O)=O)n1. The van der Waals surface area contributed by atoms with Crippen LogP contribution in [0.15, 0.2) is 46.9 Å². The quantitative estimate of drug-likeness (QED) is 0.450. The van der Waals surface area contributed by atoms with Gasteiger partial charge in [0.1, 0.15) is 5.82 Å². The second-order valence-corrected chi connectivity index (χ2v) is 12.0. The van der Waals surface area contributed by atoms with Crippen molar-refractivity contribution < 1.29 is 12.8 Å². The van der Waals surface area contributed by atoms with Crippen molar-refractivity contribution >= 4 is 15.8 Å². The average molecular weight is 511 g/mol. The van der Waals surface area contributed by atoms with Crippen molar-refractivity contribution in [1.82, 2.24) is 25.2 Å². The predicted octanol–water partition coefficient (Wildman–Crippen LogP) is 3.48. The molecule has 3 aromatic rings. The molecule has 4 atom stereocenters. The maximum Gasteiger partial charge on any atom is 0.248 e. The van der Waals surface area contributed by atoms with Crippen LogP contribution >= 0.6 is 0 Å². The van der Waals surface area contributed by atoms with Crippen LogP contribution in [0.3, 0.4) is 0 Å². The van der Waals surface area contributed by atoms with Crippen molar-refractivity contribution in [1.29, 1.82) is 0 Å². The standard InChI is InChI=1S/C26H34N6O3S/c1-17-12-20(17)16-32(2)23-14-19(13-21(29-23)15-28-36(3,33)34)25-30-31-26(35-25)24-22(10-7-11-27-24)18-8-5-4-6-9-18/h4-6,8-9,13-14,17,20,22,24,27-28H,7,10-12,15-16H2,1-3H3. The van der Waals surface area contributed by atoms with Gasteiger partial charge >= 0.3 is 0 Å². The molecule has 2 N–H and O–H groups in total. The number of hydrogen-bond acceptors (Lipinski definition) is 8. The highest BCUT2D eigenvalue weighted by molar-refractivity contribution is 7.88. The summed E-state index contributed by atoms with van der Waals surface area (Å²) < 4.78 is 32.2. The van der Waals surface area contributed by atoms with E-state index >= 15 is 0 Å². The molecular weight excluding hydrogens is 476 g/mol. The summed E-state index contributed by atoms with van der Waals surface area (Å²) in [6.07, 6.45) is 4.50. The second kappa shape index (κ2) is 10.3. The fourth-order valence-corrected chi connectivity index (χ4v) is 5.38. The van der Waals surface area contributed by atoms with Crippen LogP contribution in [-0.2, 0) is 16.6 Å². The van der Waals surface area contributed by atoms with Gasteiger partial charge in [-0.3, -0.25) is 0 Å². The van der Waals surface area contributed by atoms with Gasteiger partial charge in [0.05, 0.1) is 24.5 Å². The Morgan fingerprint density at radius 1 is 1.19 bits per heavy atom. The van der Waals surface area contributed by atoms with Crippen molar-refractivity contribution in [3.05, 3.63) is 59.6 Å². The predicted molar refractivity (Wildman–Crippen MR) is 139 cm³/mol. The molecule has 4 unspecified atom stereocenters. The fourth-order valence-electron chi connectivity index (χ4n) is 4.97. The molecule has 2 fully saturated rings. The van der Waals surface area contributed by atoms with Gasteiger partial charge in [-0.2, -0.15) is 0 Å². The van der Waals surface area contributed by atoms with Crippen molar-refractivity contribution in [3.63, 3.8) is 0 Å². The molecule has 2 aromatic heterocycles. The van der Waals surface area contributed by atoms with Gasteiger partial charge < -0.3 is 14.6 Å². The first-order valence-electron chi connectivity index (χ1n) is 12.6. The minimum absolute atomic E-state index is 0.0610. The van der Waals surface area contributed by atoms with E-state index in [1.807, 2.05) is 25.2 Å². The maximum atomic E-state index is 11.7.